The summed E-state index contributed by atoms with van der Waals surface area (Å²) in [6, 6.07) is -1.97. The number of likely N-dealkylation sites (tertiary alicyclic amines) is 1. The highest BCUT2D eigenvalue weighted by Gasteiger charge is 2.42. The number of hydrogen-bond donors (Lipinski definition) is 26. The number of fused-ring (bicyclic) bond motifs is 2. The van der Waals surface area contributed by atoms with Crippen LogP contribution in [0, 0.1) is 11.3 Å². The summed E-state index contributed by atoms with van der Waals surface area (Å²) in [5.41, 5.74) is 19.5. The standard InChI is InChI=1S/C80H113N21O21S2/c1-40(2)30-55(71(113)100-60(38-123)75(117)90-42(4)66(108)91-43(5)79(121)122)94-73(115)57(33-46-36-87-52-18-9-7-15-49(46)52)95-69(111)53(19-12-28-85-80(83)84)92-72(114)56(32-45-35-86-51-17-8-6-14-48(45)51)96-70(112)54(25-26-64(104)105)93-77(119)62-20-13-29-101(62)78(120)59(31-44-21-23-47(102)24-22-44)98-74(116)58(34-65(106)107)97-76(118)61(39-124)99-67(109)41(3)89-63(103)37-88-68(110)50(82)16-10-11-27-81/h6-9,14-15,17-18,21-24,35-36,40-43,50,53-62,86-87,102,123-124H,10-13,16,19-20,25-34,37-39,81-82H2,1-5H3,(H,88,110)(H,89,103)(H,90,117)(H,91,108)(H,92,114)(H,93,119)(H,94,115)(H,95,111)(H,96,112)(H,97,118)(H,98,116)(H,99,109)(H,100,113)(H,104,105)(H,106,107)(H,121,122)(H4,83,84,85)/t41-,42-,43-,50-,53-,54-,55-,56-,57-,58-,59-,60+,61+,62-/m1/s1. The van der Waals surface area contributed by atoms with E-state index in [4.69, 9.17) is 22.6 Å². The summed E-state index contributed by atoms with van der Waals surface area (Å²) in [6.45, 7) is 6.85. The van der Waals surface area contributed by atoms with Gasteiger partial charge < -0.3 is 127 Å². The van der Waals surface area contributed by atoms with Crippen LogP contribution in [0.4, 0.5) is 0 Å². The lowest BCUT2D eigenvalue weighted by Crippen LogP contribution is -2.61. The number of guanidine groups is 1. The number of para-hydroxylation sites is 2. The summed E-state index contributed by atoms with van der Waals surface area (Å²) < 4.78 is 0. The number of benzene rings is 3. The van der Waals surface area contributed by atoms with E-state index in [9.17, 15) is 78.0 Å². The van der Waals surface area contributed by atoms with Gasteiger partial charge in [-0.2, -0.15) is 25.3 Å². The minimum absolute atomic E-state index is 0.000476. The zero-order valence-electron chi connectivity index (χ0n) is 69.2. The van der Waals surface area contributed by atoms with Crippen molar-refractivity contribution in [2.24, 2.45) is 23.1 Å². The van der Waals surface area contributed by atoms with Crippen LogP contribution in [-0.4, -0.2) is 264 Å². The molecular weight excluding hydrogens is 1660 g/mol. The van der Waals surface area contributed by atoms with Crippen molar-refractivity contribution in [1.29, 1.82) is 5.41 Å². The minimum atomic E-state index is -1.98. The van der Waals surface area contributed by atoms with Crippen molar-refractivity contribution in [2.75, 3.05) is 37.7 Å². The molecule has 0 spiro atoms. The van der Waals surface area contributed by atoms with Crippen molar-refractivity contribution in [3.63, 3.8) is 0 Å². The first kappa shape index (κ1) is 100. The monoisotopic (exact) mass is 1770 g/mol. The van der Waals surface area contributed by atoms with Gasteiger partial charge in [-0.3, -0.25) is 86.9 Å². The molecule has 2 aromatic heterocycles. The third-order valence-electron chi connectivity index (χ3n) is 20.2. The van der Waals surface area contributed by atoms with Crippen LogP contribution in [0.2, 0.25) is 0 Å². The van der Waals surface area contributed by atoms with Gasteiger partial charge in [0.1, 0.15) is 84.3 Å². The minimum Gasteiger partial charge on any atom is -0.508 e. The number of carboxylic acid groups (broad SMARTS) is 3. The molecule has 1 aliphatic heterocycles. The first-order valence-electron chi connectivity index (χ1n) is 40.3. The molecule has 0 saturated carbocycles. The van der Waals surface area contributed by atoms with E-state index in [0.29, 0.717) is 64.3 Å². The molecule has 27 N–H and O–H groups in total. The highest BCUT2D eigenvalue weighted by atomic mass is 32.1. The second-order valence-corrected chi connectivity index (χ2v) is 31.2. The van der Waals surface area contributed by atoms with Crippen LogP contribution in [0.25, 0.3) is 21.8 Å². The van der Waals surface area contributed by atoms with Gasteiger partial charge >= 0.3 is 17.9 Å². The zero-order valence-corrected chi connectivity index (χ0v) is 71.0. The van der Waals surface area contributed by atoms with Crippen LogP contribution in [0.5, 0.6) is 5.75 Å². The number of aromatic nitrogens is 2. The summed E-state index contributed by atoms with van der Waals surface area (Å²) >= 11 is 8.43. The number of phenolic OH excluding ortho intramolecular Hbond substituents is 1. The molecule has 0 radical (unpaired) electrons. The number of carbonyl (C=O) groups excluding carboxylic acids is 14. The van der Waals surface area contributed by atoms with E-state index in [1.54, 1.807) is 74.8 Å². The van der Waals surface area contributed by atoms with Crippen molar-refractivity contribution < 1.29 is 102 Å². The SMILES string of the molecule is CC(C)C[C@@H](NC(=O)[C@@H](Cc1c[nH]c2ccccc12)NC(=O)[C@@H](CCCNC(=N)N)NC(=O)[C@@H](Cc1c[nH]c2ccccc12)NC(=O)[C@@H](CCC(=O)O)NC(=O)[C@H]1CCCN1C(=O)[C@@H](Cc1ccc(O)cc1)NC(=O)[C@@H](CC(=O)O)NC(=O)[C@H](CS)NC(=O)[C@@H](C)NC(=O)CNC(=O)[C@H](N)CCCCN)C(=O)N[C@@H](CS)C(=O)N[C@H](C)C(=O)N[C@H](C)C(=O)O. The molecule has 3 heterocycles. The van der Waals surface area contributed by atoms with Gasteiger partial charge in [0.15, 0.2) is 5.96 Å². The van der Waals surface area contributed by atoms with E-state index in [0.717, 1.165) is 4.90 Å². The molecule has 14 amide bonds. The number of aliphatic carboxylic acids is 3. The molecule has 0 bridgehead atoms. The molecule has 0 unspecified atom stereocenters. The summed E-state index contributed by atoms with van der Waals surface area (Å²) in [6.07, 6.45) is 0.833. The molecule has 1 fully saturated rings. The predicted octanol–water partition coefficient (Wildman–Crippen LogP) is -3.58. The summed E-state index contributed by atoms with van der Waals surface area (Å²) in [5, 5.41) is 83.7. The number of H-pyrrole nitrogens is 2. The first-order valence-corrected chi connectivity index (χ1v) is 41.6. The zero-order chi connectivity index (χ0) is 91.6. The number of aromatic hydroxyl groups is 1. The molecule has 0 aliphatic carbocycles. The maximum Gasteiger partial charge on any atom is 0.325 e. The van der Waals surface area contributed by atoms with Gasteiger partial charge in [0.05, 0.1) is 19.0 Å². The lowest BCUT2D eigenvalue weighted by Gasteiger charge is -2.31. The second-order valence-electron chi connectivity index (χ2n) is 30.4. The average Bonchev–Trinajstić information content (AvgIpc) is 1.63. The third kappa shape index (κ3) is 31.7. The Kier molecular flexibility index (Phi) is 40.0. The Bertz CT molecular complexity index is 4630. The number of unbranched alkanes of at least 4 members (excludes halogenated alkanes) is 1. The van der Waals surface area contributed by atoms with Crippen LogP contribution in [-0.2, 0) is 101 Å². The highest BCUT2D eigenvalue weighted by molar-refractivity contribution is 7.80. The fourth-order valence-electron chi connectivity index (χ4n) is 13.4. The topological polar surface area (TPSA) is 676 Å². The molecule has 14 atom stereocenters. The normalized spacial score (nSPS) is 15.6. The Balaban J connectivity index is 1.27. The predicted molar refractivity (Wildman–Crippen MR) is 458 cm³/mol. The third-order valence-corrected chi connectivity index (χ3v) is 20.9. The Morgan fingerprint density at radius 2 is 0.968 bits per heavy atom. The molecule has 1 aliphatic rings. The van der Waals surface area contributed by atoms with E-state index in [2.05, 4.69) is 110 Å². The second kappa shape index (κ2) is 49.5. The van der Waals surface area contributed by atoms with E-state index in [-0.39, 0.29) is 75.5 Å². The van der Waals surface area contributed by atoms with Crippen molar-refractivity contribution in [3.05, 3.63) is 102 Å². The first-order chi connectivity index (χ1) is 58.8. The van der Waals surface area contributed by atoms with Crippen molar-refractivity contribution in [2.45, 2.75) is 209 Å². The number of rotatable bonds is 51. The van der Waals surface area contributed by atoms with Crippen molar-refractivity contribution in [3.8, 4) is 5.75 Å². The van der Waals surface area contributed by atoms with Gasteiger partial charge in [-0.15, -0.1) is 0 Å². The molecule has 6 rings (SSSR count). The number of nitrogens with two attached hydrogens (primary N) is 3. The fourth-order valence-corrected chi connectivity index (χ4v) is 13.9. The Labute approximate surface area is 724 Å². The number of thiol groups is 2. The van der Waals surface area contributed by atoms with Crippen LogP contribution in [0.1, 0.15) is 122 Å². The van der Waals surface area contributed by atoms with Crippen LogP contribution >= 0.6 is 25.3 Å². The fraction of sp³-hybridized carbons (Fsp3) is 0.500. The molecule has 3 aromatic carbocycles. The maximum absolute atomic E-state index is 15.4. The van der Waals surface area contributed by atoms with Crippen LogP contribution in [0.3, 0.4) is 0 Å². The summed E-state index contributed by atoms with van der Waals surface area (Å²) in [7, 11) is 0. The van der Waals surface area contributed by atoms with Crippen LogP contribution in [0.15, 0.2) is 85.2 Å². The quantitative estimate of drug-likeness (QED) is 0.00775. The molecule has 42 nitrogen and oxygen atoms in total. The average molecular weight is 1770 g/mol. The molecule has 5 aromatic rings. The number of nitrogens with one attached hydrogen (secondary N) is 17. The lowest BCUT2D eigenvalue weighted by atomic mass is 9.99. The summed E-state index contributed by atoms with van der Waals surface area (Å²) in [5.74, 6) is -19.6. The largest absolute Gasteiger partial charge is 0.508 e. The Morgan fingerprint density at radius 1 is 0.500 bits per heavy atom. The molecule has 676 valence electrons. The maximum atomic E-state index is 15.4. The van der Waals surface area contributed by atoms with Gasteiger partial charge in [-0.25, -0.2) is 0 Å². The number of carbonyl (C=O) groups is 17. The van der Waals surface area contributed by atoms with E-state index in [1.807, 2.05) is 0 Å². The molecule has 124 heavy (non-hydrogen) atoms. The van der Waals surface area contributed by atoms with Crippen molar-refractivity contribution >= 4 is 154 Å². The number of aromatic amines is 2. The number of nitrogens with zero attached hydrogens (tertiary/aromatic N) is 1. The van der Waals surface area contributed by atoms with Gasteiger partial charge in [0.2, 0.25) is 82.7 Å². The molecule has 1 saturated heterocycles. The summed E-state index contributed by atoms with van der Waals surface area (Å²) in [4.78, 5) is 242. The lowest BCUT2D eigenvalue weighted by molar-refractivity contribution is -0.144. The van der Waals surface area contributed by atoms with E-state index >= 15 is 24.0 Å². The molecular formula is C80H113N21O21S2. The number of phenols is 1. The molecule has 44 heteroatoms. The van der Waals surface area contributed by atoms with Gasteiger partial charge in [0, 0.05) is 84.5 Å². The van der Waals surface area contributed by atoms with Crippen molar-refractivity contribution in [1.82, 2.24) is 89.3 Å². The Morgan fingerprint density at radius 3 is 1.51 bits per heavy atom. The number of amides is 14. The van der Waals surface area contributed by atoms with E-state index < -0.39 is 229 Å². The van der Waals surface area contributed by atoms with Crippen LogP contribution < -0.4 is 91.6 Å². The smallest absolute Gasteiger partial charge is 0.325 e. The van der Waals surface area contributed by atoms with E-state index in [1.165, 1.54) is 45.0 Å². The van der Waals surface area contributed by atoms with Gasteiger partial charge in [-0.1, -0.05) is 68.8 Å². The van der Waals surface area contributed by atoms with Gasteiger partial charge in [0.25, 0.3) is 0 Å². The number of hydrogen-bond acceptors (Lipinski definition) is 23. The highest BCUT2D eigenvalue weighted by Crippen LogP contribution is 2.25. The Hall–Kier alpha value is -12.6. The number of carboxylic acids is 3. The van der Waals surface area contributed by atoms with Gasteiger partial charge in [-0.05, 0) is 126 Å².